The maximum absolute atomic E-state index is 12.3. The standard InChI is InChI=1S/C14H20N2O2/c1-10(2)13(15-11(3)17)14(18)16(4)12-8-6-5-7-9-12/h5-10,13H,1-4H3,(H,15,17)/t13-/m0/s1. The number of nitrogens with zero attached hydrogens (tertiary/aromatic N) is 1. The molecule has 0 bridgehead atoms. The summed E-state index contributed by atoms with van der Waals surface area (Å²) in [5.41, 5.74) is 0.818. The minimum atomic E-state index is -0.493. The van der Waals surface area contributed by atoms with Crippen molar-refractivity contribution in [1.29, 1.82) is 0 Å². The van der Waals surface area contributed by atoms with Crippen LogP contribution in [-0.4, -0.2) is 24.9 Å². The second kappa shape index (κ2) is 6.19. The number of hydrogen-bond donors (Lipinski definition) is 1. The van der Waals surface area contributed by atoms with E-state index >= 15 is 0 Å². The van der Waals surface area contributed by atoms with E-state index in [4.69, 9.17) is 0 Å². The Balaban J connectivity index is 2.86. The first-order valence-electron chi connectivity index (χ1n) is 6.03. The van der Waals surface area contributed by atoms with Gasteiger partial charge in [-0.15, -0.1) is 0 Å². The maximum Gasteiger partial charge on any atom is 0.249 e. The van der Waals surface area contributed by atoms with Crippen LogP contribution in [0.4, 0.5) is 5.69 Å². The van der Waals surface area contributed by atoms with Gasteiger partial charge in [0.25, 0.3) is 0 Å². The molecule has 0 saturated heterocycles. The van der Waals surface area contributed by atoms with Crippen LogP contribution in [0.5, 0.6) is 0 Å². The Kier molecular flexibility index (Phi) is 4.89. The third kappa shape index (κ3) is 3.58. The van der Waals surface area contributed by atoms with Gasteiger partial charge in [0.15, 0.2) is 0 Å². The summed E-state index contributed by atoms with van der Waals surface area (Å²) in [4.78, 5) is 25.0. The van der Waals surface area contributed by atoms with E-state index in [9.17, 15) is 9.59 Å². The van der Waals surface area contributed by atoms with Crippen molar-refractivity contribution in [3.05, 3.63) is 30.3 Å². The van der Waals surface area contributed by atoms with Crippen LogP contribution in [0.25, 0.3) is 0 Å². The predicted molar refractivity (Wildman–Crippen MR) is 72.3 cm³/mol. The van der Waals surface area contributed by atoms with Gasteiger partial charge in [-0.25, -0.2) is 0 Å². The maximum atomic E-state index is 12.3. The number of amides is 2. The molecule has 4 nitrogen and oxygen atoms in total. The molecule has 18 heavy (non-hydrogen) atoms. The normalized spacial score (nSPS) is 12.1. The fourth-order valence-corrected chi connectivity index (χ4v) is 1.72. The number of likely N-dealkylation sites (N-methyl/N-ethyl adjacent to an activating group) is 1. The molecule has 1 aromatic carbocycles. The predicted octanol–water partition coefficient (Wildman–Crippen LogP) is 1.81. The van der Waals surface area contributed by atoms with Crippen molar-refractivity contribution in [2.75, 3.05) is 11.9 Å². The molecule has 0 spiro atoms. The molecule has 0 unspecified atom stereocenters. The summed E-state index contributed by atoms with van der Waals surface area (Å²) < 4.78 is 0. The highest BCUT2D eigenvalue weighted by molar-refractivity contribution is 5.98. The van der Waals surface area contributed by atoms with Gasteiger partial charge in [0.2, 0.25) is 11.8 Å². The monoisotopic (exact) mass is 248 g/mol. The first-order valence-corrected chi connectivity index (χ1v) is 6.03. The Bertz CT molecular complexity index is 415. The van der Waals surface area contributed by atoms with E-state index in [2.05, 4.69) is 5.32 Å². The van der Waals surface area contributed by atoms with Crippen molar-refractivity contribution in [2.24, 2.45) is 5.92 Å². The van der Waals surface area contributed by atoms with Crippen LogP contribution in [0, 0.1) is 5.92 Å². The van der Waals surface area contributed by atoms with Crippen LogP contribution in [0.1, 0.15) is 20.8 Å². The first-order chi connectivity index (χ1) is 8.43. The van der Waals surface area contributed by atoms with Crippen molar-refractivity contribution in [2.45, 2.75) is 26.8 Å². The third-order valence-electron chi connectivity index (χ3n) is 2.77. The molecule has 0 radical (unpaired) electrons. The summed E-state index contributed by atoms with van der Waals surface area (Å²) in [5.74, 6) is -0.248. The van der Waals surface area contributed by atoms with E-state index in [0.29, 0.717) is 0 Å². The van der Waals surface area contributed by atoms with Gasteiger partial charge in [0, 0.05) is 19.7 Å². The molecule has 0 aliphatic rings. The van der Waals surface area contributed by atoms with Crippen LogP contribution >= 0.6 is 0 Å². The smallest absolute Gasteiger partial charge is 0.249 e. The lowest BCUT2D eigenvalue weighted by Gasteiger charge is -2.26. The van der Waals surface area contributed by atoms with Gasteiger partial charge in [-0.1, -0.05) is 32.0 Å². The molecule has 0 fully saturated rings. The van der Waals surface area contributed by atoms with Gasteiger partial charge in [-0.3, -0.25) is 9.59 Å². The van der Waals surface area contributed by atoms with Gasteiger partial charge in [0.1, 0.15) is 6.04 Å². The number of rotatable bonds is 4. The second-order valence-electron chi connectivity index (χ2n) is 4.66. The van der Waals surface area contributed by atoms with E-state index in [0.717, 1.165) is 5.69 Å². The molecule has 0 aromatic heterocycles. The molecule has 1 atom stereocenters. The van der Waals surface area contributed by atoms with E-state index in [1.807, 2.05) is 44.2 Å². The zero-order chi connectivity index (χ0) is 13.7. The summed E-state index contributed by atoms with van der Waals surface area (Å²) in [5, 5.41) is 2.70. The van der Waals surface area contributed by atoms with Crippen LogP contribution in [-0.2, 0) is 9.59 Å². The minimum absolute atomic E-state index is 0.0487. The SMILES string of the molecule is CC(=O)N[C@H](C(=O)N(C)c1ccccc1)C(C)C. The zero-order valence-electron chi connectivity index (χ0n) is 11.3. The Morgan fingerprint density at radius 1 is 1.17 bits per heavy atom. The van der Waals surface area contributed by atoms with Crippen molar-refractivity contribution >= 4 is 17.5 Å². The average molecular weight is 248 g/mol. The highest BCUT2D eigenvalue weighted by Crippen LogP contribution is 2.14. The summed E-state index contributed by atoms with van der Waals surface area (Å²) in [7, 11) is 1.72. The van der Waals surface area contributed by atoms with Gasteiger partial charge in [0.05, 0.1) is 0 Å². The lowest BCUT2D eigenvalue weighted by atomic mass is 10.0. The summed E-state index contributed by atoms with van der Waals surface area (Å²) >= 11 is 0. The quantitative estimate of drug-likeness (QED) is 0.883. The summed E-state index contributed by atoms with van der Waals surface area (Å²) in [6.45, 7) is 5.25. The molecular weight excluding hydrogens is 228 g/mol. The van der Waals surface area contributed by atoms with Crippen molar-refractivity contribution in [3.63, 3.8) is 0 Å². The van der Waals surface area contributed by atoms with Gasteiger partial charge in [-0.05, 0) is 18.1 Å². The van der Waals surface area contributed by atoms with E-state index in [-0.39, 0.29) is 17.7 Å². The number of carbonyl (C=O) groups is 2. The summed E-state index contributed by atoms with van der Waals surface area (Å²) in [6, 6.07) is 8.89. The Hall–Kier alpha value is -1.84. The zero-order valence-corrected chi connectivity index (χ0v) is 11.3. The molecular formula is C14H20N2O2. The highest BCUT2D eigenvalue weighted by Gasteiger charge is 2.26. The largest absolute Gasteiger partial charge is 0.344 e. The lowest BCUT2D eigenvalue weighted by molar-refractivity contribution is -0.127. The van der Waals surface area contributed by atoms with Gasteiger partial charge < -0.3 is 10.2 Å². The molecule has 98 valence electrons. The van der Waals surface area contributed by atoms with Gasteiger partial charge >= 0.3 is 0 Å². The number of benzene rings is 1. The minimum Gasteiger partial charge on any atom is -0.344 e. The number of nitrogens with one attached hydrogen (secondary N) is 1. The molecule has 0 heterocycles. The van der Waals surface area contributed by atoms with Gasteiger partial charge in [-0.2, -0.15) is 0 Å². The molecule has 4 heteroatoms. The molecule has 0 aliphatic carbocycles. The Labute approximate surface area is 108 Å². The van der Waals surface area contributed by atoms with Crippen LogP contribution in [0.15, 0.2) is 30.3 Å². The molecule has 2 amide bonds. The molecule has 1 aromatic rings. The van der Waals surface area contributed by atoms with E-state index < -0.39 is 6.04 Å². The van der Waals surface area contributed by atoms with Crippen LogP contribution < -0.4 is 10.2 Å². The van der Waals surface area contributed by atoms with Crippen LogP contribution in [0.2, 0.25) is 0 Å². The number of para-hydroxylation sites is 1. The fraction of sp³-hybridized carbons (Fsp3) is 0.429. The van der Waals surface area contributed by atoms with Crippen molar-refractivity contribution in [3.8, 4) is 0 Å². The number of carbonyl (C=O) groups excluding carboxylic acids is 2. The van der Waals surface area contributed by atoms with Crippen molar-refractivity contribution < 1.29 is 9.59 Å². The van der Waals surface area contributed by atoms with Crippen molar-refractivity contribution in [1.82, 2.24) is 5.32 Å². The summed E-state index contributed by atoms with van der Waals surface area (Å²) in [6.07, 6.45) is 0. The first kappa shape index (κ1) is 14.2. The molecule has 1 N–H and O–H groups in total. The lowest BCUT2D eigenvalue weighted by Crippen LogP contribution is -2.49. The molecule has 0 aliphatic heterocycles. The molecule has 0 saturated carbocycles. The number of anilines is 1. The van der Waals surface area contributed by atoms with Crippen LogP contribution in [0.3, 0.4) is 0 Å². The average Bonchev–Trinajstić information content (AvgIpc) is 2.34. The highest BCUT2D eigenvalue weighted by atomic mass is 16.2. The van der Waals surface area contributed by atoms with E-state index in [1.54, 1.807) is 11.9 Å². The topological polar surface area (TPSA) is 49.4 Å². The van der Waals surface area contributed by atoms with E-state index in [1.165, 1.54) is 6.92 Å². The number of hydrogen-bond acceptors (Lipinski definition) is 2. The Morgan fingerprint density at radius 2 is 1.72 bits per heavy atom. The molecule has 1 rings (SSSR count). The second-order valence-corrected chi connectivity index (χ2v) is 4.66. The fourth-order valence-electron chi connectivity index (χ4n) is 1.72. The third-order valence-corrected chi connectivity index (χ3v) is 2.77. The Morgan fingerprint density at radius 3 is 2.17 bits per heavy atom.